The highest BCUT2D eigenvalue weighted by molar-refractivity contribution is 5.74. The minimum Gasteiger partial charge on any atom is -0.376 e. The Morgan fingerprint density at radius 2 is 2.22 bits per heavy atom. The Morgan fingerprint density at radius 3 is 2.87 bits per heavy atom. The Balaban J connectivity index is 1.43. The molecule has 0 radical (unpaired) electrons. The number of carbonyl (C=O) groups excluding carboxylic acids is 1. The van der Waals surface area contributed by atoms with Crippen LogP contribution in [-0.4, -0.2) is 42.9 Å². The highest BCUT2D eigenvalue weighted by Gasteiger charge is 2.23. The molecule has 0 saturated carbocycles. The molecule has 0 spiro atoms. The van der Waals surface area contributed by atoms with Crippen molar-refractivity contribution in [1.29, 1.82) is 0 Å². The van der Waals surface area contributed by atoms with Crippen LogP contribution < -0.4 is 15.5 Å². The van der Waals surface area contributed by atoms with E-state index >= 15 is 0 Å². The number of hydrogen-bond donors (Lipinski definition) is 2. The topological polar surface area (TPSA) is 66.5 Å². The standard InChI is InChI=1S/C17H26N4O2/c1-13(15-5-4-10-23-15)20-17(22)19-12-14-6-7-16(18-11-14)21-8-2-3-9-21/h6-7,11,13,15H,2-5,8-10,12H2,1H3,(H2,19,20,22)/t13-,15+/m0/s1. The van der Waals surface area contributed by atoms with Crippen LogP contribution in [0.4, 0.5) is 10.6 Å². The van der Waals surface area contributed by atoms with Gasteiger partial charge in [-0.3, -0.25) is 0 Å². The van der Waals surface area contributed by atoms with Crippen LogP contribution in [0.5, 0.6) is 0 Å². The first kappa shape index (κ1) is 16.1. The summed E-state index contributed by atoms with van der Waals surface area (Å²) in [5.74, 6) is 1.03. The number of rotatable bonds is 5. The average molecular weight is 318 g/mol. The van der Waals surface area contributed by atoms with Crippen molar-refractivity contribution in [1.82, 2.24) is 15.6 Å². The molecule has 2 aliphatic heterocycles. The number of anilines is 1. The lowest BCUT2D eigenvalue weighted by Crippen LogP contribution is -2.45. The van der Waals surface area contributed by atoms with E-state index in [1.54, 1.807) is 0 Å². The highest BCUT2D eigenvalue weighted by Crippen LogP contribution is 2.17. The molecule has 3 heterocycles. The summed E-state index contributed by atoms with van der Waals surface area (Å²) < 4.78 is 5.58. The van der Waals surface area contributed by atoms with Crippen molar-refractivity contribution in [2.45, 2.75) is 51.3 Å². The Morgan fingerprint density at radius 1 is 1.39 bits per heavy atom. The van der Waals surface area contributed by atoms with Gasteiger partial charge in [-0.05, 0) is 44.2 Å². The molecule has 0 aliphatic carbocycles. The summed E-state index contributed by atoms with van der Waals surface area (Å²) in [6, 6.07) is 3.95. The number of ether oxygens (including phenoxy) is 1. The normalized spacial score (nSPS) is 22.1. The van der Waals surface area contributed by atoms with Gasteiger partial charge in [-0.2, -0.15) is 0 Å². The molecule has 1 aromatic rings. The summed E-state index contributed by atoms with van der Waals surface area (Å²) in [5.41, 5.74) is 1.01. The van der Waals surface area contributed by atoms with Crippen molar-refractivity contribution < 1.29 is 9.53 Å². The summed E-state index contributed by atoms with van der Waals surface area (Å²) in [5, 5.41) is 5.83. The van der Waals surface area contributed by atoms with E-state index in [-0.39, 0.29) is 18.2 Å². The predicted molar refractivity (Wildman–Crippen MR) is 89.5 cm³/mol. The molecule has 2 fully saturated rings. The largest absolute Gasteiger partial charge is 0.376 e. The van der Waals surface area contributed by atoms with Crippen molar-refractivity contribution in [2.75, 3.05) is 24.6 Å². The second-order valence-electron chi connectivity index (χ2n) is 6.39. The SMILES string of the molecule is C[C@H](NC(=O)NCc1ccc(N2CCCC2)nc1)[C@H]1CCCO1. The van der Waals surface area contributed by atoms with Gasteiger partial charge >= 0.3 is 6.03 Å². The number of pyridine rings is 1. The van der Waals surface area contributed by atoms with Gasteiger partial charge in [-0.1, -0.05) is 6.07 Å². The Kier molecular flexibility index (Phi) is 5.33. The number of urea groups is 1. The fourth-order valence-electron chi connectivity index (χ4n) is 3.18. The molecule has 126 valence electrons. The van der Waals surface area contributed by atoms with Gasteiger partial charge in [0.05, 0.1) is 12.1 Å². The van der Waals surface area contributed by atoms with Crippen molar-refractivity contribution in [3.63, 3.8) is 0 Å². The quantitative estimate of drug-likeness (QED) is 0.872. The molecule has 2 amide bonds. The predicted octanol–water partition coefficient (Wildman–Crippen LogP) is 2.05. The minimum absolute atomic E-state index is 0.0353. The second kappa shape index (κ2) is 7.64. The molecule has 2 atom stereocenters. The van der Waals surface area contributed by atoms with Crippen molar-refractivity contribution in [3.8, 4) is 0 Å². The number of nitrogens with zero attached hydrogens (tertiary/aromatic N) is 2. The molecule has 2 aliphatic rings. The average Bonchev–Trinajstić information content (AvgIpc) is 3.26. The lowest BCUT2D eigenvalue weighted by Gasteiger charge is -2.20. The number of carbonyl (C=O) groups is 1. The third-order valence-electron chi connectivity index (χ3n) is 4.57. The number of nitrogens with one attached hydrogen (secondary N) is 2. The third kappa shape index (κ3) is 4.34. The number of aromatic nitrogens is 1. The zero-order valence-corrected chi connectivity index (χ0v) is 13.8. The Labute approximate surface area is 137 Å². The lowest BCUT2D eigenvalue weighted by molar-refractivity contribution is 0.0860. The van der Waals surface area contributed by atoms with Gasteiger partial charge in [-0.25, -0.2) is 9.78 Å². The molecular formula is C17H26N4O2. The van der Waals surface area contributed by atoms with Crippen LogP contribution in [0, 0.1) is 0 Å². The molecular weight excluding hydrogens is 292 g/mol. The van der Waals surface area contributed by atoms with Gasteiger partial charge in [-0.15, -0.1) is 0 Å². The molecule has 3 rings (SSSR count). The van der Waals surface area contributed by atoms with Gasteiger partial charge in [0, 0.05) is 32.4 Å². The summed E-state index contributed by atoms with van der Waals surface area (Å²) in [6.45, 7) is 5.45. The van der Waals surface area contributed by atoms with Gasteiger partial charge in [0.2, 0.25) is 0 Å². The van der Waals surface area contributed by atoms with E-state index in [0.29, 0.717) is 6.54 Å². The maximum Gasteiger partial charge on any atom is 0.315 e. The van der Waals surface area contributed by atoms with Crippen molar-refractivity contribution in [3.05, 3.63) is 23.9 Å². The van der Waals surface area contributed by atoms with Crippen LogP contribution in [0.2, 0.25) is 0 Å². The molecule has 6 heteroatoms. The minimum atomic E-state index is -0.156. The van der Waals surface area contributed by atoms with E-state index < -0.39 is 0 Å². The van der Waals surface area contributed by atoms with E-state index in [2.05, 4.69) is 20.5 Å². The van der Waals surface area contributed by atoms with E-state index in [0.717, 1.165) is 43.9 Å². The highest BCUT2D eigenvalue weighted by atomic mass is 16.5. The summed E-state index contributed by atoms with van der Waals surface area (Å²) >= 11 is 0. The number of hydrogen-bond acceptors (Lipinski definition) is 4. The lowest BCUT2D eigenvalue weighted by atomic mass is 10.1. The molecule has 0 unspecified atom stereocenters. The maximum absolute atomic E-state index is 12.0. The second-order valence-corrected chi connectivity index (χ2v) is 6.39. The molecule has 0 bridgehead atoms. The van der Waals surface area contributed by atoms with E-state index in [1.807, 2.05) is 25.3 Å². The molecule has 0 aromatic carbocycles. The summed E-state index contributed by atoms with van der Waals surface area (Å²) in [6.07, 6.45) is 6.57. The maximum atomic E-state index is 12.0. The molecule has 1 aromatic heterocycles. The van der Waals surface area contributed by atoms with Crippen LogP contribution in [0.25, 0.3) is 0 Å². The van der Waals surface area contributed by atoms with Crippen LogP contribution in [0.1, 0.15) is 38.2 Å². The molecule has 2 N–H and O–H groups in total. The van der Waals surface area contributed by atoms with E-state index in [1.165, 1.54) is 12.8 Å². The zero-order chi connectivity index (χ0) is 16.1. The van der Waals surface area contributed by atoms with Crippen LogP contribution in [0.15, 0.2) is 18.3 Å². The fourth-order valence-corrected chi connectivity index (χ4v) is 3.18. The van der Waals surface area contributed by atoms with E-state index in [4.69, 9.17) is 4.74 Å². The Bertz CT molecular complexity index is 508. The summed E-state index contributed by atoms with van der Waals surface area (Å²) in [7, 11) is 0. The van der Waals surface area contributed by atoms with Crippen molar-refractivity contribution in [2.24, 2.45) is 0 Å². The smallest absolute Gasteiger partial charge is 0.315 e. The van der Waals surface area contributed by atoms with Gasteiger partial charge in [0.15, 0.2) is 0 Å². The van der Waals surface area contributed by atoms with Crippen LogP contribution in [-0.2, 0) is 11.3 Å². The molecule has 2 saturated heterocycles. The first-order chi connectivity index (χ1) is 11.2. The molecule has 6 nitrogen and oxygen atoms in total. The van der Waals surface area contributed by atoms with Gasteiger partial charge in [0.1, 0.15) is 5.82 Å². The van der Waals surface area contributed by atoms with Crippen molar-refractivity contribution >= 4 is 11.8 Å². The number of amides is 2. The van der Waals surface area contributed by atoms with Crippen LogP contribution in [0.3, 0.4) is 0 Å². The fraction of sp³-hybridized carbons (Fsp3) is 0.647. The van der Waals surface area contributed by atoms with E-state index in [9.17, 15) is 4.79 Å². The van der Waals surface area contributed by atoms with Gasteiger partial charge < -0.3 is 20.3 Å². The monoisotopic (exact) mass is 318 g/mol. The zero-order valence-electron chi connectivity index (χ0n) is 13.8. The molecule has 23 heavy (non-hydrogen) atoms. The Hall–Kier alpha value is -1.82. The van der Waals surface area contributed by atoms with Crippen LogP contribution >= 0.6 is 0 Å². The third-order valence-corrected chi connectivity index (χ3v) is 4.57. The van der Waals surface area contributed by atoms with Gasteiger partial charge in [0.25, 0.3) is 0 Å². The summed E-state index contributed by atoms with van der Waals surface area (Å²) in [4.78, 5) is 18.7. The first-order valence-corrected chi connectivity index (χ1v) is 8.58. The first-order valence-electron chi connectivity index (χ1n) is 8.58.